The molecule has 0 unspecified atom stereocenters. The van der Waals surface area contributed by atoms with E-state index in [1.54, 1.807) is 47.4 Å². The lowest BCUT2D eigenvalue weighted by Crippen LogP contribution is -2.29. The van der Waals surface area contributed by atoms with E-state index < -0.39 is 5.97 Å². The van der Waals surface area contributed by atoms with E-state index in [1.165, 1.54) is 46.1 Å². The number of benzene rings is 6. The van der Waals surface area contributed by atoms with Crippen LogP contribution in [0.25, 0.3) is 0 Å². The molecule has 52 heavy (non-hydrogen) atoms. The minimum atomic E-state index is -0.631. The number of aryl methyl sites for hydroxylation is 2. The van der Waals surface area contributed by atoms with Gasteiger partial charge in [-0.2, -0.15) is 0 Å². The summed E-state index contributed by atoms with van der Waals surface area (Å²) in [6, 6.07) is 37.5. The molecule has 0 atom stereocenters. The Balaban J connectivity index is 1.30. The highest BCUT2D eigenvalue weighted by atomic mass is 35.5. The number of amides is 1. The number of carbonyl (C=O) groups excluding carboxylic acids is 2. The third-order valence-corrected chi connectivity index (χ3v) is 11.1. The zero-order chi connectivity index (χ0) is 36.5. The fraction of sp³-hybridized carbons (Fsp3) is 0.0952. The number of hydrogen-bond acceptors (Lipinski definition) is 5. The van der Waals surface area contributed by atoms with Gasteiger partial charge in [0.15, 0.2) is 0 Å². The summed E-state index contributed by atoms with van der Waals surface area (Å²) >= 11 is 26.6. The van der Waals surface area contributed by atoms with Gasteiger partial charge in [0.2, 0.25) is 0 Å². The molecular weight excluding hydrogens is 754 g/mol. The van der Waals surface area contributed by atoms with Gasteiger partial charge in [-0.1, -0.05) is 107 Å². The van der Waals surface area contributed by atoms with Crippen LogP contribution in [0.3, 0.4) is 0 Å². The van der Waals surface area contributed by atoms with E-state index in [-0.39, 0.29) is 21.5 Å². The Labute approximate surface area is 326 Å². The monoisotopic (exact) mass is 782 g/mol. The first-order chi connectivity index (χ1) is 25.0. The molecule has 10 heteroatoms. The first-order valence-electron chi connectivity index (χ1n) is 16.3. The van der Waals surface area contributed by atoms with E-state index in [9.17, 15) is 9.59 Å². The van der Waals surface area contributed by atoms with Gasteiger partial charge >= 0.3 is 5.97 Å². The molecule has 0 aliphatic carbocycles. The maximum Gasteiger partial charge on any atom is 0.345 e. The molecule has 0 N–H and O–H groups in total. The lowest BCUT2D eigenvalue weighted by atomic mass is 10.1. The average molecular weight is 785 g/mol. The van der Waals surface area contributed by atoms with Gasteiger partial charge in [0, 0.05) is 38.6 Å². The number of hydrogen-bond donors (Lipinski definition) is 0. The van der Waals surface area contributed by atoms with E-state index in [2.05, 4.69) is 67.3 Å². The Morgan fingerprint density at radius 2 is 1.17 bits per heavy atom. The maximum absolute atomic E-state index is 14.4. The number of anilines is 3. The molecule has 0 radical (unpaired) electrons. The fourth-order valence-electron chi connectivity index (χ4n) is 6.08. The van der Waals surface area contributed by atoms with Gasteiger partial charge in [0.05, 0.1) is 32.5 Å². The number of rotatable bonds is 8. The highest BCUT2D eigenvalue weighted by Crippen LogP contribution is 2.51. The molecule has 1 heterocycles. The summed E-state index contributed by atoms with van der Waals surface area (Å²) in [4.78, 5) is 33.1. The van der Waals surface area contributed by atoms with Crippen molar-refractivity contribution in [3.05, 3.63) is 175 Å². The van der Waals surface area contributed by atoms with Crippen molar-refractivity contribution >= 4 is 87.1 Å². The number of carbonyl (C=O) groups is 2. The van der Waals surface area contributed by atoms with Crippen molar-refractivity contribution in [3.63, 3.8) is 0 Å². The number of ether oxygens (including phenoxy) is 1. The minimum absolute atomic E-state index is 0.183. The molecule has 1 aliphatic rings. The maximum atomic E-state index is 14.4. The third kappa shape index (κ3) is 7.54. The summed E-state index contributed by atoms with van der Waals surface area (Å²) in [5.41, 5.74) is 7.62. The number of esters is 1. The van der Waals surface area contributed by atoms with Crippen molar-refractivity contribution in [2.75, 3.05) is 9.80 Å². The van der Waals surface area contributed by atoms with Crippen LogP contribution in [0.15, 0.2) is 131 Å². The third-order valence-electron chi connectivity index (χ3n) is 8.91. The van der Waals surface area contributed by atoms with Crippen molar-refractivity contribution in [2.45, 2.75) is 36.7 Å². The highest BCUT2D eigenvalue weighted by Gasteiger charge is 2.32. The standard InChI is InChI=1S/C42H30Cl4N2O3S/c1-25-7-3-5-9-27(25)23-47(24-28-10-6-4-8-26(28)2)31-13-17-37-39(21-31)52-40-22-32(51-42(50)34-16-12-30(44)20-36(34)46)14-18-38(40)48(37)41(49)33-15-11-29(43)19-35(33)45/h3-22H,23-24H2,1-2H3. The van der Waals surface area contributed by atoms with Gasteiger partial charge in [0.25, 0.3) is 5.91 Å². The molecule has 0 fully saturated rings. The van der Waals surface area contributed by atoms with Crippen LogP contribution in [0.5, 0.6) is 5.75 Å². The molecule has 6 aromatic carbocycles. The molecule has 260 valence electrons. The van der Waals surface area contributed by atoms with Gasteiger partial charge in [-0.15, -0.1) is 0 Å². The van der Waals surface area contributed by atoms with Gasteiger partial charge < -0.3 is 9.64 Å². The van der Waals surface area contributed by atoms with E-state index in [0.717, 1.165) is 10.6 Å². The van der Waals surface area contributed by atoms with Crippen molar-refractivity contribution in [3.8, 4) is 5.75 Å². The number of nitrogens with zero attached hydrogens (tertiary/aromatic N) is 2. The Bertz CT molecular complexity index is 2320. The Kier molecular flexibility index (Phi) is 10.6. The molecule has 0 aromatic heterocycles. The largest absolute Gasteiger partial charge is 0.423 e. The lowest BCUT2D eigenvalue weighted by Gasteiger charge is -2.33. The second kappa shape index (κ2) is 15.3. The van der Waals surface area contributed by atoms with Gasteiger partial charge in [0.1, 0.15) is 5.75 Å². The molecule has 0 bridgehead atoms. The zero-order valence-electron chi connectivity index (χ0n) is 28.0. The van der Waals surface area contributed by atoms with Crippen LogP contribution < -0.4 is 14.5 Å². The Morgan fingerprint density at radius 3 is 1.75 bits per heavy atom. The molecule has 0 saturated heterocycles. The minimum Gasteiger partial charge on any atom is -0.423 e. The Morgan fingerprint density at radius 1 is 0.635 bits per heavy atom. The molecule has 1 aliphatic heterocycles. The molecule has 5 nitrogen and oxygen atoms in total. The van der Waals surface area contributed by atoms with Crippen LogP contribution in [0.1, 0.15) is 43.0 Å². The van der Waals surface area contributed by atoms with Crippen molar-refractivity contribution in [1.82, 2.24) is 0 Å². The fourth-order valence-corrected chi connectivity index (χ4v) is 8.18. The molecule has 1 amide bonds. The quantitative estimate of drug-likeness (QED) is 0.114. The zero-order valence-corrected chi connectivity index (χ0v) is 31.8. The second-order valence-electron chi connectivity index (χ2n) is 12.4. The normalized spacial score (nSPS) is 11.8. The molecule has 6 aromatic rings. The summed E-state index contributed by atoms with van der Waals surface area (Å²) in [7, 11) is 0. The van der Waals surface area contributed by atoms with E-state index >= 15 is 0 Å². The van der Waals surface area contributed by atoms with Crippen molar-refractivity contribution in [2.24, 2.45) is 0 Å². The van der Waals surface area contributed by atoms with Crippen LogP contribution in [0.4, 0.5) is 17.1 Å². The van der Waals surface area contributed by atoms with Crippen molar-refractivity contribution < 1.29 is 14.3 Å². The smallest absolute Gasteiger partial charge is 0.345 e. The predicted octanol–water partition coefficient (Wildman–Crippen LogP) is 12.8. The van der Waals surface area contributed by atoms with Crippen LogP contribution in [0.2, 0.25) is 20.1 Å². The Hall–Kier alpha value is -4.43. The molecule has 0 saturated carbocycles. The van der Waals surface area contributed by atoms with E-state index in [1.807, 2.05) is 18.2 Å². The topological polar surface area (TPSA) is 49.9 Å². The second-order valence-corrected chi connectivity index (χ2v) is 15.1. The summed E-state index contributed by atoms with van der Waals surface area (Å²) < 4.78 is 5.78. The summed E-state index contributed by atoms with van der Waals surface area (Å²) in [5.74, 6) is -0.667. The summed E-state index contributed by atoms with van der Waals surface area (Å²) in [6.45, 7) is 5.60. The van der Waals surface area contributed by atoms with E-state index in [0.29, 0.717) is 50.7 Å². The van der Waals surface area contributed by atoms with Gasteiger partial charge in [-0.3, -0.25) is 9.69 Å². The first kappa shape index (κ1) is 36.0. The SMILES string of the molecule is Cc1ccccc1CN(Cc1ccccc1C)c1ccc2c(c1)Sc1cc(OC(=O)c3ccc(Cl)cc3Cl)ccc1N2C(=O)c1ccc(Cl)cc1Cl. The van der Waals surface area contributed by atoms with Crippen LogP contribution in [-0.4, -0.2) is 11.9 Å². The first-order valence-corrected chi connectivity index (χ1v) is 18.6. The predicted molar refractivity (Wildman–Crippen MR) is 214 cm³/mol. The van der Waals surface area contributed by atoms with Crippen LogP contribution in [-0.2, 0) is 13.1 Å². The van der Waals surface area contributed by atoms with Gasteiger partial charge in [-0.25, -0.2) is 4.79 Å². The van der Waals surface area contributed by atoms with E-state index in [4.69, 9.17) is 51.1 Å². The number of fused-ring (bicyclic) bond motifs is 2. The summed E-state index contributed by atoms with van der Waals surface area (Å²) in [6.07, 6.45) is 0. The van der Waals surface area contributed by atoms with Gasteiger partial charge in [-0.05, 0) is 109 Å². The molecular formula is C42H30Cl4N2O3S. The molecule has 0 spiro atoms. The lowest BCUT2D eigenvalue weighted by molar-refractivity contribution is 0.0734. The molecule has 7 rings (SSSR count). The van der Waals surface area contributed by atoms with Crippen LogP contribution in [0, 0.1) is 13.8 Å². The summed E-state index contributed by atoms with van der Waals surface area (Å²) in [5, 5.41) is 1.26. The van der Waals surface area contributed by atoms with Crippen LogP contribution >= 0.6 is 58.2 Å². The number of halogens is 4. The van der Waals surface area contributed by atoms with Crippen molar-refractivity contribution in [1.29, 1.82) is 0 Å². The highest BCUT2D eigenvalue weighted by molar-refractivity contribution is 7.99. The average Bonchev–Trinajstić information content (AvgIpc) is 3.11.